The minimum Gasteiger partial charge on any atom is -0.345 e. The molecule has 1 N–H and O–H groups in total. The monoisotopic (exact) mass is 458 g/mol. The molecule has 0 saturated heterocycles. The number of carbonyl (C=O) groups is 2. The van der Waals surface area contributed by atoms with E-state index in [-0.39, 0.29) is 17.4 Å². The van der Waals surface area contributed by atoms with Crippen LogP contribution in [0.1, 0.15) is 50.7 Å². The predicted octanol–water partition coefficient (Wildman–Crippen LogP) is 4.10. The van der Waals surface area contributed by atoms with Crippen LogP contribution in [0.5, 0.6) is 0 Å². The summed E-state index contributed by atoms with van der Waals surface area (Å²) in [7, 11) is 3.27. The van der Waals surface area contributed by atoms with Gasteiger partial charge in [-0.15, -0.1) is 11.3 Å². The minimum atomic E-state index is -0.342. The second-order valence-corrected chi connectivity index (χ2v) is 9.29. The molecule has 0 fully saturated rings. The van der Waals surface area contributed by atoms with Crippen molar-refractivity contribution < 1.29 is 9.59 Å². The van der Waals surface area contributed by atoms with Gasteiger partial charge in [-0.05, 0) is 43.5 Å². The molecule has 9 heteroatoms. The van der Waals surface area contributed by atoms with Crippen molar-refractivity contribution in [2.75, 3.05) is 19.4 Å². The summed E-state index contributed by atoms with van der Waals surface area (Å²) >= 11 is 7.38. The normalized spacial score (nSPS) is 13.5. The quantitative estimate of drug-likeness (QED) is 0.640. The molecule has 3 heterocycles. The summed E-state index contributed by atoms with van der Waals surface area (Å²) in [5, 5.41) is 3.65. The highest BCUT2D eigenvalue weighted by atomic mass is 35.5. The molecule has 3 aromatic rings. The van der Waals surface area contributed by atoms with Gasteiger partial charge in [-0.25, -0.2) is 4.98 Å². The Hall–Kier alpha value is -2.71. The van der Waals surface area contributed by atoms with Gasteiger partial charge in [0.15, 0.2) is 0 Å². The molecule has 2 amide bonds. The van der Waals surface area contributed by atoms with Crippen LogP contribution in [0.4, 0.5) is 5.69 Å². The summed E-state index contributed by atoms with van der Waals surface area (Å²) in [5.41, 5.74) is 1.33. The number of aromatic nitrogens is 2. The van der Waals surface area contributed by atoms with Crippen LogP contribution in [0.25, 0.3) is 10.2 Å². The van der Waals surface area contributed by atoms with Gasteiger partial charge in [0.2, 0.25) is 0 Å². The van der Waals surface area contributed by atoms with E-state index in [1.807, 2.05) is 0 Å². The fraction of sp³-hybridized carbons (Fsp3) is 0.364. The molecule has 0 aliphatic carbocycles. The molecule has 0 spiro atoms. The van der Waals surface area contributed by atoms with Crippen LogP contribution in [0.15, 0.2) is 23.0 Å². The first kappa shape index (κ1) is 21.5. The van der Waals surface area contributed by atoms with Crippen molar-refractivity contribution >= 4 is 50.7 Å². The predicted molar refractivity (Wildman–Crippen MR) is 124 cm³/mol. The first-order valence-corrected chi connectivity index (χ1v) is 11.3. The molecule has 0 saturated carbocycles. The van der Waals surface area contributed by atoms with Gasteiger partial charge in [0, 0.05) is 32.7 Å². The fourth-order valence-electron chi connectivity index (χ4n) is 3.82. The first-order valence-electron chi connectivity index (χ1n) is 10.1. The van der Waals surface area contributed by atoms with Gasteiger partial charge >= 0.3 is 0 Å². The van der Waals surface area contributed by atoms with Crippen molar-refractivity contribution in [1.82, 2.24) is 14.5 Å². The van der Waals surface area contributed by atoms with Crippen molar-refractivity contribution in [2.24, 2.45) is 0 Å². The van der Waals surface area contributed by atoms with E-state index < -0.39 is 0 Å². The summed E-state index contributed by atoms with van der Waals surface area (Å²) in [6.45, 7) is 2.45. The van der Waals surface area contributed by atoms with E-state index >= 15 is 0 Å². The van der Waals surface area contributed by atoms with Crippen LogP contribution in [0.2, 0.25) is 5.02 Å². The lowest BCUT2D eigenvalue weighted by molar-refractivity contribution is 0.0827. The van der Waals surface area contributed by atoms with E-state index in [1.165, 1.54) is 16.2 Å². The smallest absolute Gasteiger partial charge is 0.266 e. The maximum atomic E-state index is 13.1. The largest absolute Gasteiger partial charge is 0.345 e. The highest BCUT2D eigenvalue weighted by Gasteiger charge is 2.23. The van der Waals surface area contributed by atoms with Crippen LogP contribution in [-0.2, 0) is 13.0 Å². The molecule has 1 aliphatic rings. The summed E-state index contributed by atoms with van der Waals surface area (Å²) in [5.74, 6) is 0.205. The van der Waals surface area contributed by atoms with E-state index in [0.717, 1.165) is 31.5 Å². The van der Waals surface area contributed by atoms with Crippen molar-refractivity contribution in [3.63, 3.8) is 0 Å². The molecule has 31 heavy (non-hydrogen) atoms. The number of nitrogens with zero attached hydrogens (tertiary/aromatic N) is 3. The molecular formula is C22H23ClN4O3S. The average molecular weight is 459 g/mol. The Bertz CT molecular complexity index is 1260. The second kappa shape index (κ2) is 8.43. The Labute approximate surface area is 188 Å². The van der Waals surface area contributed by atoms with Crippen LogP contribution < -0.4 is 10.9 Å². The number of amides is 2. The molecule has 1 aliphatic heterocycles. The fourth-order valence-corrected chi connectivity index (χ4v) is 5.11. The number of anilines is 1. The highest BCUT2D eigenvalue weighted by molar-refractivity contribution is 7.20. The van der Waals surface area contributed by atoms with Gasteiger partial charge in [0.05, 0.1) is 20.8 Å². The third-order valence-corrected chi connectivity index (χ3v) is 6.99. The Morgan fingerprint density at radius 1 is 1.23 bits per heavy atom. The Balaban J connectivity index is 1.70. The Kier molecular flexibility index (Phi) is 5.85. The first-order chi connectivity index (χ1) is 14.8. The number of hydrogen-bond donors (Lipinski definition) is 1. The number of nitrogens with one attached hydrogen (secondary N) is 1. The summed E-state index contributed by atoms with van der Waals surface area (Å²) in [6.07, 6.45) is 3.83. The molecular weight excluding hydrogens is 436 g/mol. The number of hydrogen-bond acceptors (Lipinski definition) is 5. The SMILES string of the molecule is Cc1c(C(=O)Nc2ccc(Cl)c(C(=O)N(C)C)c2)sc2nc3n(c(=O)c12)CCCCC3. The van der Waals surface area contributed by atoms with E-state index in [9.17, 15) is 14.4 Å². The van der Waals surface area contributed by atoms with E-state index in [0.29, 0.717) is 43.5 Å². The second-order valence-electron chi connectivity index (χ2n) is 7.88. The maximum absolute atomic E-state index is 13.1. The molecule has 0 radical (unpaired) electrons. The third kappa shape index (κ3) is 3.97. The van der Waals surface area contributed by atoms with Crippen molar-refractivity contribution in [3.8, 4) is 0 Å². The number of aryl methyl sites for hydroxylation is 2. The number of carbonyl (C=O) groups excluding carboxylic acids is 2. The van der Waals surface area contributed by atoms with Gasteiger partial charge in [-0.3, -0.25) is 19.0 Å². The molecule has 0 bridgehead atoms. The van der Waals surface area contributed by atoms with Gasteiger partial charge in [0.1, 0.15) is 10.7 Å². The zero-order valence-electron chi connectivity index (χ0n) is 17.6. The molecule has 2 aromatic heterocycles. The average Bonchev–Trinajstić information content (AvgIpc) is 2.90. The number of rotatable bonds is 3. The van der Waals surface area contributed by atoms with E-state index in [1.54, 1.807) is 43.8 Å². The number of thiophene rings is 1. The van der Waals surface area contributed by atoms with Crippen molar-refractivity contribution in [3.05, 3.63) is 55.4 Å². The maximum Gasteiger partial charge on any atom is 0.266 e. The third-order valence-electron chi connectivity index (χ3n) is 5.48. The number of benzene rings is 1. The standard InChI is InChI=1S/C22H23ClN4O3S/c1-12-17-20(25-16-7-5-4-6-10-27(16)22(17)30)31-18(12)19(28)24-13-8-9-15(23)14(11-13)21(29)26(2)3/h8-9,11H,4-7,10H2,1-3H3,(H,24,28). The summed E-state index contributed by atoms with van der Waals surface area (Å²) < 4.78 is 1.76. The zero-order valence-corrected chi connectivity index (χ0v) is 19.2. The highest BCUT2D eigenvalue weighted by Crippen LogP contribution is 2.30. The Morgan fingerprint density at radius 2 is 2.00 bits per heavy atom. The summed E-state index contributed by atoms with van der Waals surface area (Å²) in [4.78, 5) is 45.6. The lowest BCUT2D eigenvalue weighted by atomic mass is 10.1. The van der Waals surface area contributed by atoms with Gasteiger partial charge in [-0.2, -0.15) is 0 Å². The zero-order chi connectivity index (χ0) is 22.3. The topological polar surface area (TPSA) is 84.3 Å². The molecule has 1 aromatic carbocycles. The van der Waals surface area contributed by atoms with Gasteiger partial charge in [-0.1, -0.05) is 18.0 Å². The van der Waals surface area contributed by atoms with Gasteiger partial charge in [0.25, 0.3) is 17.4 Å². The van der Waals surface area contributed by atoms with Crippen LogP contribution in [0, 0.1) is 6.92 Å². The minimum absolute atomic E-state index is 0.0694. The molecule has 0 unspecified atom stereocenters. The van der Waals surface area contributed by atoms with E-state index in [2.05, 4.69) is 5.32 Å². The lowest BCUT2D eigenvalue weighted by Crippen LogP contribution is -2.24. The number of fused-ring (bicyclic) bond motifs is 2. The van der Waals surface area contributed by atoms with Crippen LogP contribution in [0.3, 0.4) is 0 Å². The molecule has 7 nitrogen and oxygen atoms in total. The van der Waals surface area contributed by atoms with Crippen LogP contribution in [-0.4, -0.2) is 40.4 Å². The Morgan fingerprint density at radius 3 is 2.74 bits per heavy atom. The van der Waals surface area contributed by atoms with E-state index in [4.69, 9.17) is 16.6 Å². The molecule has 4 rings (SSSR count). The van der Waals surface area contributed by atoms with Crippen LogP contribution >= 0.6 is 22.9 Å². The van der Waals surface area contributed by atoms with Gasteiger partial charge < -0.3 is 10.2 Å². The molecule has 0 atom stereocenters. The number of halogens is 1. The lowest BCUT2D eigenvalue weighted by Gasteiger charge is -2.13. The van der Waals surface area contributed by atoms with Crippen molar-refractivity contribution in [2.45, 2.75) is 39.2 Å². The van der Waals surface area contributed by atoms with Crippen molar-refractivity contribution in [1.29, 1.82) is 0 Å². The summed E-state index contributed by atoms with van der Waals surface area (Å²) in [6, 6.07) is 4.78. The molecule has 162 valence electrons.